The number of hydrogen-bond donors (Lipinski definition) is 0. The molecule has 0 radical (unpaired) electrons. The molecule has 0 aliphatic heterocycles. The second-order valence-corrected chi connectivity index (χ2v) is 3.42. The minimum Gasteiger partial charge on any atom is -0.469 e. The smallest absolute Gasteiger partial charge is 0.309 e. The highest BCUT2D eigenvalue weighted by atomic mass is 16.5. The average molecular weight is 198 g/mol. The van der Waals surface area contributed by atoms with Crippen molar-refractivity contribution in [3.63, 3.8) is 0 Å². The molecule has 0 aliphatic carbocycles. The molecular weight excluding hydrogens is 180 g/mol. The number of ether oxygens (including phenoxy) is 1. The van der Waals surface area contributed by atoms with E-state index >= 15 is 0 Å². The van der Waals surface area contributed by atoms with Crippen LogP contribution >= 0.6 is 0 Å². The Labute approximate surface area is 85.5 Å². The Morgan fingerprint density at radius 2 is 2.21 bits per heavy atom. The molecule has 0 bridgehead atoms. The average Bonchev–Trinajstić information content (AvgIpc) is 2.18. The Hall–Kier alpha value is -1.08. The van der Waals surface area contributed by atoms with Crippen LogP contribution in [0.25, 0.3) is 0 Å². The molecule has 0 amide bonds. The fourth-order valence-corrected chi connectivity index (χ4v) is 1.34. The van der Waals surface area contributed by atoms with E-state index < -0.39 is 0 Å². The summed E-state index contributed by atoms with van der Waals surface area (Å²) in [5.41, 5.74) is 0. The van der Waals surface area contributed by atoms with Crippen molar-refractivity contribution in [1.82, 2.24) is 4.90 Å². The summed E-state index contributed by atoms with van der Waals surface area (Å²) in [5.74, 6) is -0.419. The van der Waals surface area contributed by atoms with Crippen molar-refractivity contribution in [2.24, 2.45) is 5.92 Å². The van der Waals surface area contributed by atoms with E-state index in [1.807, 2.05) is 18.9 Å². The Morgan fingerprint density at radius 1 is 1.64 bits per heavy atom. The van der Waals surface area contributed by atoms with E-state index in [1.54, 1.807) is 6.92 Å². The molecule has 4 nitrogen and oxygen atoms in total. The molecule has 0 aromatic carbocycles. The van der Waals surface area contributed by atoms with Gasteiger partial charge in [0.1, 0.15) is 0 Å². The summed E-state index contributed by atoms with van der Waals surface area (Å²) >= 11 is 0. The molecule has 0 aliphatic rings. The van der Waals surface area contributed by atoms with Crippen LogP contribution in [0.4, 0.5) is 0 Å². The van der Waals surface area contributed by atoms with E-state index in [9.17, 15) is 4.79 Å². The predicted molar refractivity (Wildman–Crippen MR) is 53.5 cm³/mol. The van der Waals surface area contributed by atoms with Gasteiger partial charge in [-0.1, -0.05) is 13.8 Å². The van der Waals surface area contributed by atoms with Crippen molar-refractivity contribution in [1.29, 1.82) is 5.26 Å². The summed E-state index contributed by atoms with van der Waals surface area (Å²) in [6.45, 7) is 4.30. The highest BCUT2D eigenvalue weighted by Gasteiger charge is 2.19. The van der Waals surface area contributed by atoms with Gasteiger partial charge in [0.2, 0.25) is 0 Å². The molecule has 0 spiro atoms. The summed E-state index contributed by atoms with van der Waals surface area (Å²) in [7, 11) is 3.22. The monoisotopic (exact) mass is 198 g/mol. The molecule has 4 heteroatoms. The van der Waals surface area contributed by atoms with Crippen molar-refractivity contribution >= 4 is 5.97 Å². The van der Waals surface area contributed by atoms with Gasteiger partial charge in [0.05, 0.1) is 25.1 Å². The van der Waals surface area contributed by atoms with Crippen LogP contribution in [0, 0.1) is 17.2 Å². The number of methoxy groups -OCH3 is 1. The first-order chi connectivity index (χ1) is 6.56. The van der Waals surface area contributed by atoms with Crippen LogP contribution in [-0.2, 0) is 9.53 Å². The topological polar surface area (TPSA) is 53.3 Å². The second-order valence-electron chi connectivity index (χ2n) is 3.42. The summed E-state index contributed by atoms with van der Waals surface area (Å²) in [5, 5.41) is 8.80. The zero-order valence-corrected chi connectivity index (χ0v) is 9.28. The number of hydrogen-bond acceptors (Lipinski definition) is 4. The molecular formula is C10H18N2O2. The third-order valence-corrected chi connectivity index (χ3v) is 2.23. The molecule has 0 rings (SSSR count). The number of nitrogens with zero attached hydrogens (tertiary/aromatic N) is 2. The van der Waals surface area contributed by atoms with Crippen molar-refractivity contribution in [3.05, 3.63) is 0 Å². The summed E-state index contributed by atoms with van der Waals surface area (Å²) in [6, 6.07) is 2.06. The van der Waals surface area contributed by atoms with Crippen molar-refractivity contribution in [2.45, 2.75) is 26.3 Å². The highest BCUT2D eigenvalue weighted by Crippen LogP contribution is 2.06. The van der Waals surface area contributed by atoms with E-state index in [-0.39, 0.29) is 17.9 Å². The lowest BCUT2D eigenvalue weighted by Gasteiger charge is -2.23. The van der Waals surface area contributed by atoms with Gasteiger partial charge in [-0.2, -0.15) is 5.26 Å². The fraction of sp³-hybridized carbons (Fsp3) is 0.800. The van der Waals surface area contributed by atoms with Crippen LogP contribution in [-0.4, -0.2) is 37.6 Å². The molecule has 0 saturated carbocycles. The van der Waals surface area contributed by atoms with Crippen molar-refractivity contribution < 1.29 is 9.53 Å². The minimum atomic E-state index is -0.232. The van der Waals surface area contributed by atoms with Gasteiger partial charge < -0.3 is 4.74 Å². The van der Waals surface area contributed by atoms with Crippen molar-refractivity contribution in [3.8, 4) is 6.07 Å². The molecule has 2 atom stereocenters. The van der Waals surface area contributed by atoms with Crippen LogP contribution in [0.5, 0.6) is 0 Å². The predicted octanol–water partition coefficient (Wildman–Crippen LogP) is 1.03. The molecule has 2 unspecified atom stereocenters. The second kappa shape index (κ2) is 6.39. The van der Waals surface area contributed by atoms with Gasteiger partial charge in [0, 0.05) is 6.54 Å². The third-order valence-electron chi connectivity index (χ3n) is 2.23. The van der Waals surface area contributed by atoms with Crippen molar-refractivity contribution in [2.75, 3.05) is 20.7 Å². The number of carbonyl (C=O) groups is 1. The fourth-order valence-electron chi connectivity index (χ4n) is 1.34. The van der Waals surface area contributed by atoms with E-state index in [0.29, 0.717) is 6.54 Å². The lowest BCUT2D eigenvalue weighted by atomic mass is 10.1. The molecule has 0 aromatic heterocycles. The van der Waals surface area contributed by atoms with Crippen LogP contribution in [0.2, 0.25) is 0 Å². The number of nitriles is 1. The van der Waals surface area contributed by atoms with Crippen LogP contribution in [0.1, 0.15) is 20.3 Å². The van der Waals surface area contributed by atoms with Gasteiger partial charge in [-0.15, -0.1) is 0 Å². The summed E-state index contributed by atoms with van der Waals surface area (Å²) in [4.78, 5) is 13.0. The number of esters is 1. The van der Waals surface area contributed by atoms with E-state index in [2.05, 4.69) is 10.8 Å². The Morgan fingerprint density at radius 3 is 2.57 bits per heavy atom. The number of carbonyl (C=O) groups excluding carboxylic acids is 1. The Kier molecular flexibility index (Phi) is 5.89. The van der Waals surface area contributed by atoms with Crippen LogP contribution in [0.3, 0.4) is 0 Å². The maximum Gasteiger partial charge on any atom is 0.309 e. The van der Waals surface area contributed by atoms with E-state index in [1.165, 1.54) is 7.11 Å². The lowest BCUT2D eigenvalue weighted by molar-refractivity contribution is -0.145. The summed E-state index contributed by atoms with van der Waals surface area (Å²) < 4.78 is 4.61. The van der Waals surface area contributed by atoms with E-state index in [0.717, 1.165) is 6.42 Å². The zero-order valence-electron chi connectivity index (χ0n) is 9.28. The maximum absolute atomic E-state index is 11.1. The molecule has 0 saturated heterocycles. The lowest BCUT2D eigenvalue weighted by Crippen LogP contribution is -2.36. The SMILES string of the molecule is CCC(C#N)N(C)CC(C)C(=O)OC. The van der Waals surface area contributed by atoms with Gasteiger partial charge in [0.15, 0.2) is 0 Å². The summed E-state index contributed by atoms with van der Waals surface area (Å²) in [6.07, 6.45) is 0.765. The molecule has 80 valence electrons. The molecule has 0 aromatic rings. The molecule has 14 heavy (non-hydrogen) atoms. The number of rotatable bonds is 5. The highest BCUT2D eigenvalue weighted by molar-refractivity contribution is 5.72. The molecule has 0 N–H and O–H groups in total. The van der Waals surface area contributed by atoms with Gasteiger partial charge >= 0.3 is 5.97 Å². The first-order valence-electron chi connectivity index (χ1n) is 4.74. The van der Waals surface area contributed by atoms with Gasteiger partial charge in [-0.25, -0.2) is 0 Å². The largest absolute Gasteiger partial charge is 0.469 e. The van der Waals surface area contributed by atoms with Gasteiger partial charge in [0.25, 0.3) is 0 Å². The van der Waals surface area contributed by atoms with Crippen LogP contribution in [0.15, 0.2) is 0 Å². The van der Waals surface area contributed by atoms with Gasteiger partial charge in [-0.05, 0) is 13.5 Å². The third kappa shape index (κ3) is 3.75. The quantitative estimate of drug-likeness (QED) is 0.619. The molecule has 0 fully saturated rings. The van der Waals surface area contributed by atoms with Gasteiger partial charge in [-0.3, -0.25) is 9.69 Å². The Balaban J connectivity index is 4.11. The Bertz CT molecular complexity index is 223. The standard InChI is InChI=1S/C10H18N2O2/c1-5-9(6-11)12(3)7-8(2)10(13)14-4/h8-9H,5,7H2,1-4H3. The minimum absolute atomic E-state index is 0.123. The normalized spacial score (nSPS) is 14.6. The first-order valence-corrected chi connectivity index (χ1v) is 4.74. The van der Waals surface area contributed by atoms with E-state index in [4.69, 9.17) is 5.26 Å². The molecule has 0 heterocycles. The van der Waals surface area contributed by atoms with Crippen LogP contribution < -0.4 is 0 Å². The zero-order chi connectivity index (χ0) is 11.1. The maximum atomic E-state index is 11.1. The first kappa shape index (κ1) is 12.9.